The van der Waals surface area contributed by atoms with Gasteiger partial charge in [-0.1, -0.05) is 188 Å². The van der Waals surface area contributed by atoms with E-state index in [0.717, 1.165) is 38.0 Å². The summed E-state index contributed by atoms with van der Waals surface area (Å²) in [4.78, 5) is 12.2. The predicted molar refractivity (Wildman–Crippen MR) is 185 cm³/mol. The minimum atomic E-state index is -0.257. The maximum absolute atomic E-state index is 12.2. The molecule has 3 heteroatoms. The van der Waals surface area contributed by atoms with E-state index >= 15 is 0 Å². The lowest BCUT2D eigenvalue weighted by molar-refractivity contribution is -0.144. The number of esters is 1. The maximum atomic E-state index is 12.2. The molecule has 2 atom stereocenters. The summed E-state index contributed by atoms with van der Waals surface area (Å²) in [5.74, 6) is 0.782. The van der Waals surface area contributed by atoms with Crippen molar-refractivity contribution >= 4 is 5.97 Å². The molecule has 0 bridgehead atoms. The van der Waals surface area contributed by atoms with E-state index in [1.165, 1.54) is 167 Å². The van der Waals surface area contributed by atoms with Crippen molar-refractivity contribution in [3.63, 3.8) is 0 Å². The van der Waals surface area contributed by atoms with Gasteiger partial charge in [-0.2, -0.15) is 0 Å². The number of hydrogen-bond donors (Lipinski definition) is 1. The summed E-state index contributed by atoms with van der Waals surface area (Å²) in [5, 5.41) is 10.2. The Morgan fingerprint density at radius 2 is 0.786 bits per heavy atom. The first-order chi connectivity index (χ1) is 20.6. The van der Waals surface area contributed by atoms with Gasteiger partial charge in [0.2, 0.25) is 0 Å². The van der Waals surface area contributed by atoms with E-state index in [1.54, 1.807) is 0 Å². The van der Waals surface area contributed by atoms with Crippen LogP contribution in [0, 0.1) is 5.92 Å². The normalized spacial score (nSPS) is 13.0. The Kier molecular flexibility index (Phi) is 34.4. The van der Waals surface area contributed by atoms with Crippen molar-refractivity contribution < 1.29 is 14.6 Å². The van der Waals surface area contributed by atoms with E-state index in [1.807, 2.05) is 0 Å². The van der Waals surface area contributed by atoms with Crippen LogP contribution in [0.3, 0.4) is 0 Å². The average molecular weight is 595 g/mol. The van der Waals surface area contributed by atoms with Crippen LogP contribution in [0.25, 0.3) is 0 Å². The van der Waals surface area contributed by atoms with Crippen LogP contribution in [-0.2, 0) is 9.53 Å². The Balaban J connectivity index is 4.01. The van der Waals surface area contributed by atoms with Crippen molar-refractivity contribution in [2.24, 2.45) is 5.92 Å². The summed E-state index contributed by atoms with van der Waals surface area (Å²) >= 11 is 0. The average Bonchev–Trinajstić information content (AvgIpc) is 2.98. The quantitative estimate of drug-likeness (QED) is 0.0586. The topological polar surface area (TPSA) is 46.5 Å². The van der Waals surface area contributed by atoms with Gasteiger partial charge in [-0.05, 0) is 38.0 Å². The highest BCUT2D eigenvalue weighted by Gasteiger charge is 2.10. The molecule has 0 fully saturated rings. The number of unbranched alkanes of at least 4 members (excludes halogenated alkanes) is 21. The summed E-state index contributed by atoms with van der Waals surface area (Å²) < 4.78 is 5.53. The van der Waals surface area contributed by atoms with Crippen molar-refractivity contribution in [3.05, 3.63) is 0 Å². The van der Waals surface area contributed by atoms with Gasteiger partial charge in [0, 0.05) is 6.42 Å². The lowest BCUT2D eigenvalue weighted by Crippen LogP contribution is -2.10. The van der Waals surface area contributed by atoms with Crippen LogP contribution in [0.1, 0.15) is 226 Å². The second-order valence-electron chi connectivity index (χ2n) is 13.6. The number of hydrogen-bond acceptors (Lipinski definition) is 3. The summed E-state index contributed by atoms with van der Waals surface area (Å²) in [7, 11) is 0. The SMILES string of the molecule is CCCCCCCCCCCCC(CCCCCCCCCC)CCCCOC(=O)CCCC(O)CCCCCCC. The van der Waals surface area contributed by atoms with Gasteiger partial charge in [0.05, 0.1) is 12.7 Å². The molecule has 0 aromatic carbocycles. The lowest BCUT2D eigenvalue weighted by Gasteiger charge is -2.17. The van der Waals surface area contributed by atoms with E-state index < -0.39 is 0 Å². The third-order valence-electron chi connectivity index (χ3n) is 9.26. The standard InChI is InChI=1S/C39H78O3/c1-4-7-10-13-15-17-18-20-23-25-31-37(30-24-22-19-16-14-11-8-5-2)32-27-28-36-42-39(41)35-29-34-38(40)33-26-21-12-9-6-3/h37-38,40H,4-36H2,1-3H3. The molecule has 0 aromatic heterocycles. The molecule has 0 heterocycles. The monoisotopic (exact) mass is 595 g/mol. The molecule has 3 nitrogen and oxygen atoms in total. The molecule has 0 aliphatic carbocycles. The van der Waals surface area contributed by atoms with Gasteiger partial charge >= 0.3 is 5.97 Å². The van der Waals surface area contributed by atoms with Gasteiger partial charge in [-0.25, -0.2) is 0 Å². The molecule has 0 aliphatic heterocycles. The first-order valence-corrected chi connectivity index (χ1v) is 19.5. The fourth-order valence-corrected chi connectivity index (χ4v) is 6.32. The number of rotatable bonds is 35. The van der Waals surface area contributed by atoms with Gasteiger partial charge in [0.15, 0.2) is 0 Å². The molecule has 2 unspecified atom stereocenters. The van der Waals surface area contributed by atoms with Crippen LogP contribution in [0.15, 0.2) is 0 Å². The van der Waals surface area contributed by atoms with Gasteiger partial charge < -0.3 is 9.84 Å². The Labute approximate surface area is 265 Å². The second kappa shape index (κ2) is 34.9. The number of ether oxygens (including phenoxy) is 1. The first-order valence-electron chi connectivity index (χ1n) is 19.5. The summed E-state index contributed by atoms with van der Waals surface area (Å²) in [6.07, 6.45) is 40.3. The van der Waals surface area contributed by atoms with Crippen molar-refractivity contribution in [1.29, 1.82) is 0 Å². The van der Waals surface area contributed by atoms with Crippen molar-refractivity contribution in [2.45, 2.75) is 232 Å². The van der Waals surface area contributed by atoms with Crippen LogP contribution in [0.4, 0.5) is 0 Å². The van der Waals surface area contributed by atoms with Crippen LogP contribution >= 0.6 is 0 Å². The van der Waals surface area contributed by atoms with E-state index in [-0.39, 0.29) is 12.1 Å². The number of carbonyl (C=O) groups is 1. The zero-order chi connectivity index (χ0) is 30.8. The van der Waals surface area contributed by atoms with Gasteiger partial charge in [-0.3, -0.25) is 4.79 Å². The first kappa shape index (κ1) is 41.4. The number of aliphatic hydroxyl groups is 1. The molecule has 0 saturated carbocycles. The molecule has 1 N–H and O–H groups in total. The fraction of sp³-hybridized carbons (Fsp3) is 0.974. The third-order valence-corrected chi connectivity index (χ3v) is 9.26. The maximum Gasteiger partial charge on any atom is 0.305 e. The van der Waals surface area contributed by atoms with Crippen LogP contribution in [-0.4, -0.2) is 23.8 Å². The molecular formula is C39H78O3. The number of aliphatic hydroxyl groups excluding tert-OH is 1. The fourth-order valence-electron chi connectivity index (χ4n) is 6.32. The molecule has 0 amide bonds. The number of carbonyl (C=O) groups excluding carboxylic acids is 1. The van der Waals surface area contributed by atoms with Crippen LogP contribution in [0.2, 0.25) is 0 Å². The molecule has 0 spiro atoms. The predicted octanol–water partition coefficient (Wildman–Crippen LogP) is 13.0. The van der Waals surface area contributed by atoms with Crippen molar-refractivity contribution in [2.75, 3.05) is 6.61 Å². The second-order valence-corrected chi connectivity index (χ2v) is 13.6. The largest absolute Gasteiger partial charge is 0.466 e. The Hall–Kier alpha value is -0.570. The zero-order valence-corrected chi connectivity index (χ0v) is 29.3. The highest BCUT2D eigenvalue weighted by molar-refractivity contribution is 5.69. The molecule has 0 saturated heterocycles. The third kappa shape index (κ3) is 32.3. The molecule has 0 radical (unpaired) electrons. The molecule has 0 aromatic rings. The van der Waals surface area contributed by atoms with E-state index in [4.69, 9.17) is 4.74 Å². The Morgan fingerprint density at radius 3 is 1.21 bits per heavy atom. The molecule has 0 rings (SSSR count). The molecule has 0 aliphatic rings. The summed E-state index contributed by atoms with van der Waals surface area (Å²) in [6, 6.07) is 0. The van der Waals surface area contributed by atoms with E-state index in [0.29, 0.717) is 13.0 Å². The molecule has 42 heavy (non-hydrogen) atoms. The van der Waals surface area contributed by atoms with Crippen LogP contribution in [0.5, 0.6) is 0 Å². The minimum Gasteiger partial charge on any atom is -0.466 e. The highest BCUT2D eigenvalue weighted by Crippen LogP contribution is 2.24. The highest BCUT2D eigenvalue weighted by atomic mass is 16.5. The Morgan fingerprint density at radius 1 is 0.452 bits per heavy atom. The van der Waals surface area contributed by atoms with Crippen molar-refractivity contribution in [3.8, 4) is 0 Å². The lowest BCUT2D eigenvalue weighted by atomic mass is 9.90. The van der Waals surface area contributed by atoms with Crippen molar-refractivity contribution in [1.82, 2.24) is 0 Å². The van der Waals surface area contributed by atoms with Gasteiger partial charge in [0.25, 0.3) is 0 Å². The minimum absolute atomic E-state index is 0.0778. The summed E-state index contributed by atoms with van der Waals surface area (Å²) in [5.41, 5.74) is 0. The summed E-state index contributed by atoms with van der Waals surface area (Å²) in [6.45, 7) is 7.39. The smallest absolute Gasteiger partial charge is 0.305 e. The van der Waals surface area contributed by atoms with Gasteiger partial charge in [0.1, 0.15) is 0 Å². The van der Waals surface area contributed by atoms with Crippen LogP contribution < -0.4 is 0 Å². The van der Waals surface area contributed by atoms with Gasteiger partial charge in [-0.15, -0.1) is 0 Å². The van der Waals surface area contributed by atoms with E-state index in [2.05, 4.69) is 20.8 Å². The van der Waals surface area contributed by atoms with E-state index in [9.17, 15) is 9.90 Å². The Bertz CT molecular complexity index is 520. The molecule has 252 valence electrons. The zero-order valence-electron chi connectivity index (χ0n) is 29.3. The molecular weight excluding hydrogens is 516 g/mol.